The van der Waals surface area contributed by atoms with Crippen LogP contribution >= 0.6 is 0 Å². The number of anilines is 1. The van der Waals surface area contributed by atoms with E-state index in [1.165, 1.54) is 5.56 Å². The molecule has 1 heterocycles. The van der Waals surface area contributed by atoms with Crippen LogP contribution in [0.25, 0.3) is 16.7 Å². The number of carbonyl (C=O) groups excluding carboxylic acids is 1. The van der Waals surface area contributed by atoms with E-state index in [1.807, 2.05) is 50.2 Å². The van der Waals surface area contributed by atoms with E-state index in [0.717, 1.165) is 35.1 Å². The number of aryl methyl sites for hydroxylation is 2. The van der Waals surface area contributed by atoms with Gasteiger partial charge in [0.15, 0.2) is 0 Å². The average Bonchev–Trinajstić information content (AvgIpc) is 3.22. The first-order valence-corrected chi connectivity index (χ1v) is 11.0. The Bertz CT molecular complexity index is 1240. The molecule has 0 aliphatic heterocycles. The minimum atomic E-state index is -0.190. The van der Waals surface area contributed by atoms with Gasteiger partial charge in [-0.25, -0.2) is 0 Å². The molecular weight excluding hydrogens is 400 g/mol. The molecule has 0 unspecified atom stereocenters. The number of nitrogens with one attached hydrogen (secondary N) is 1. The quantitative estimate of drug-likeness (QED) is 0.409. The Labute approximate surface area is 188 Å². The number of benzene rings is 3. The predicted molar refractivity (Wildman–Crippen MR) is 128 cm³/mol. The van der Waals surface area contributed by atoms with Gasteiger partial charge in [-0.1, -0.05) is 32.0 Å². The van der Waals surface area contributed by atoms with E-state index in [4.69, 9.17) is 4.74 Å². The minimum absolute atomic E-state index is 0.0961. The lowest BCUT2D eigenvalue weighted by Crippen LogP contribution is -2.14. The molecule has 1 atom stereocenters. The molecule has 0 bridgehead atoms. The summed E-state index contributed by atoms with van der Waals surface area (Å²) in [6, 6.07) is 19.3. The van der Waals surface area contributed by atoms with Gasteiger partial charge in [-0.3, -0.25) is 4.79 Å². The molecule has 1 aromatic heterocycles. The Balaban J connectivity index is 1.57. The molecular formula is C26H28N4O2. The van der Waals surface area contributed by atoms with E-state index >= 15 is 0 Å². The Kier molecular flexibility index (Phi) is 6.21. The van der Waals surface area contributed by atoms with Crippen LogP contribution in [0.4, 0.5) is 5.69 Å². The van der Waals surface area contributed by atoms with Crippen LogP contribution in [0.15, 0.2) is 60.7 Å². The van der Waals surface area contributed by atoms with E-state index in [9.17, 15) is 4.79 Å². The summed E-state index contributed by atoms with van der Waals surface area (Å²) in [6.45, 7) is 8.16. The smallest absolute Gasteiger partial charge is 0.255 e. The minimum Gasteiger partial charge on any atom is -0.491 e. The monoisotopic (exact) mass is 428 g/mol. The van der Waals surface area contributed by atoms with Crippen molar-refractivity contribution in [1.82, 2.24) is 15.0 Å². The van der Waals surface area contributed by atoms with E-state index in [0.29, 0.717) is 17.0 Å². The number of rotatable bonds is 7. The molecule has 0 saturated carbocycles. The molecule has 6 nitrogen and oxygen atoms in total. The summed E-state index contributed by atoms with van der Waals surface area (Å²) >= 11 is 0. The van der Waals surface area contributed by atoms with Crippen molar-refractivity contribution in [2.45, 2.75) is 46.6 Å². The maximum absolute atomic E-state index is 12.9. The summed E-state index contributed by atoms with van der Waals surface area (Å²) in [5, 5.41) is 12.2. The molecule has 3 aromatic carbocycles. The normalized spacial score (nSPS) is 12.0. The fourth-order valence-electron chi connectivity index (χ4n) is 3.40. The number of ether oxygens (including phenoxy) is 1. The van der Waals surface area contributed by atoms with Gasteiger partial charge in [0.05, 0.1) is 11.8 Å². The van der Waals surface area contributed by atoms with Crippen molar-refractivity contribution in [1.29, 1.82) is 0 Å². The van der Waals surface area contributed by atoms with Crippen LogP contribution < -0.4 is 10.1 Å². The van der Waals surface area contributed by atoms with Crippen LogP contribution in [-0.2, 0) is 6.42 Å². The first-order chi connectivity index (χ1) is 15.5. The standard InChI is InChI=1S/C26H28N4O2/c1-5-18(4)32-22-9-7-8-20(15-22)26(31)27-23-16-25-24(14-17(23)3)28-30(29-25)21-12-10-19(6-2)11-13-21/h7-16,18H,5-6H2,1-4H3,(H,27,31)/t18-/m1/s1. The lowest BCUT2D eigenvalue weighted by Gasteiger charge is -2.13. The second kappa shape index (κ2) is 9.22. The SMILES string of the molecule is CCc1ccc(-n2nc3cc(C)c(NC(=O)c4cccc(O[C@H](C)CC)c4)cc3n2)cc1. The fraction of sp³-hybridized carbons (Fsp3) is 0.269. The van der Waals surface area contributed by atoms with Crippen molar-refractivity contribution in [3.63, 3.8) is 0 Å². The highest BCUT2D eigenvalue weighted by Gasteiger charge is 2.13. The molecule has 0 aliphatic rings. The van der Waals surface area contributed by atoms with E-state index in [1.54, 1.807) is 16.9 Å². The lowest BCUT2D eigenvalue weighted by atomic mass is 10.1. The molecule has 0 fully saturated rings. The average molecular weight is 429 g/mol. The van der Waals surface area contributed by atoms with Gasteiger partial charge in [0, 0.05) is 11.3 Å². The van der Waals surface area contributed by atoms with Crippen molar-refractivity contribution >= 4 is 22.6 Å². The van der Waals surface area contributed by atoms with Crippen molar-refractivity contribution in [2.24, 2.45) is 0 Å². The molecule has 6 heteroatoms. The first kappa shape index (κ1) is 21.6. The number of nitrogens with zero attached hydrogens (tertiary/aromatic N) is 3. The number of carbonyl (C=O) groups is 1. The van der Waals surface area contributed by atoms with Gasteiger partial charge in [0.2, 0.25) is 0 Å². The zero-order chi connectivity index (χ0) is 22.7. The summed E-state index contributed by atoms with van der Waals surface area (Å²) in [7, 11) is 0. The number of aromatic nitrogens is 3. The van der Waals surface area contributed by atoms with Crippen LogP contribution in [0.2, 0.25) is 0 Å². The molecule has 4 aromatic rings. The summed E-state index contributed by atoms with van der Waals surface area (Å²) in [4.78, 5) is 14.5. The number of hydrogen-bond acceptors (Lipinski definition) is 4. The Morgan fingerprint density at radius 2 is 1.75 bits per heavy atom. The fourth-order valence-corrected chi connectivity index (χ4v) is 3.40. The van der Waals surface area contributed by atoms with Crippen LogP contribution in [0, 0.1) is 6.92 Å². The van der Waals surface area contributed by atoms with Crippen molar-refractivity contribution in [3.05, 3.63) is 77.4 Å². The number of amides is 1. The third-order valence-corrected chi connectivity index (χ3v) is 5.56. The number of hydrogen-bond donors (Lipinski definition) is 1. The molecule has 0 spiro atoms. The second-order valence-electron chi connectivity index (χ2n) is 7.98. The van der Waals surface area contributed by atoms with Crippen molar-refractivity contribution < 1.29 is 9.53 Å². The molecule has 0 saturated heterocycles. The topological polar surface area (TPSA) is 69.0 Å². The van der Waals surface area contributed by atoms with Crippen LogP contribution in [-0.4, -0.2) is 27.0 Å². The van der Waals surface area contributed by atoms with Gasteiger partial charge in [-0.05, 0) is 80.3 Å². The molecule has 0 aliphatic carbocycles. The Morgan fingerprint density at radius 1 is 1.03 bits per heavy atom. The highest BCUT2D eigenvalue weighted by atomic mass is 16.5. The summed E-state index contributed by atoms with van der Waals surface area (Å²) in [5.41, 5.74) is 5.85. The summed E-state index contributed by atoms with van der Waals surface area (Å²) in [5.74, 6) is 0.501. The van der Waals surface area contributed by atoms with Gasteiger partial charge in [-0.2, -0.15) is 4.80 Å². The second-order valence-corrected chi connectivity index (χ2v) is 7.98. The van der Waals surface area contributed by atoms with E-state index in [2.05, 4.69) is 41.5 Å². The highest BCUT2D eigenvalue weighted by Crippen LogP contribution is 2.24. The van der Waals surface area contributed by atoms with Crippen LogP contribution in [0.5, 0.6) is 5.75 Å². The van der Waals surface area contributed by atoms with E-state index < -0.39 is 0 Å². The summed E-state index contributed by atoms with van der Waals surface area (Å²) < 4.78 is 5.84. The zero-order valence-corrected chi connectivity index (χ0v) is 18.9. The largest absolute Gasteiger partial charge is 0.491 e. The van der Waals surface area contributed by atoms with Crippen LogP contribution in [0.3, 0.4) is 0 Å². The molecule has 164 valence electrons. The number of fused-ring (bicyclic) bond motifs is 1. The maximum atomic E-state index is 12.9. The van der Waals surface area contributed by atoms with Gasteiger partial charge >= 0.3 is 0 Å². The molecule has 1 amide bonds. The molecule has 0 radical (unpaired) electrons. The predicted octanol–water partition coefficient (Wildman–Crippen LogP) is 5.72. The first-order valence-electron chi connectivity index (χ1n) is 11.0. The third kappa shape index (κ3) is 4.64. The van der Waals surface area contributed by atoms with Crippen molar-refractivity contribution in [3.8, 4) is 11.4 Å². The third-order valence-electron chi connectivity index (χ3n) is 5.56. The van der Waals surface area contributed by atoms with Crippen LogP contribution in [0.1, 0.15) is 48.7 Å². The Morgan fingerprint density at radius 3 is 2.44 bits per heavy atom. The van der Waals surface area contributed by atoms with E-state index in [-0.39, 0.29) is 12.0 Å². The van der Waals surface area contributed by atoms with Gasteiger partial charge in [0.25, 0.3) is 5.91 Å². The molecule has 1 N–H and O–H groups in total. The zero-order valence-electron chi connectivity index (χ0n) is 18.9. The van der Waals surface area contributed by atoms with Crippen molar-refractivity contribution in [2.75, 3.05) is 5.32 Å². The highest BCUT2D eigenvalue weighted by molar-refractivity contribution is 6.05. The lowest BCUT2D eigenvalue weighted by molar-refractivity contribution is 0.102. The Hall–Kier alpha value is -3.67. The van der Waals surface area contributed by atoms with Gasteiger partial charge in [0.1, 0.15) is 16.8 Å². The molecule has 32 heavy (non-hydrogen) atoms. The van der Waals surface area contributed by atoms with Gasteiger partial charge in [-0.15, -0.1) is 10.2 Å². The summed E-state index contributed by atoms with van der Waals surface area (Å²) in [6.07, 6.45) is 1.99. The molecule has 4 rings (SSSR count). The van der Waals surface area contributed by atoms with Gasteiger partial charge < -0.3 is 10.1 Å². The maximum Gasteiger partial charge on any atom is 0.255 e.